The molecule has 1 atom stereocenters. The van der Waals surface area contributed by atoms with Gasteiger partial charge in [-0.2, -0.15) is 10.2 Å². The van der Waals surface area contributed by atoms with Gasteiger partial charge in [0.05, 0.1) is 24.7 Å². The number of Topliss-reactive ketones (excluding diaryl/α,β-unsaturated/α-hetero) is 1. The van der Waals surface area contributed by atoms with Crippen LogP contribution in [0.15, 0.2) is 64.2 Å². The zero-order chi connectivity index (χ0) is 26.1. The Hall–Kier alpha value is -4.49. The highest BCUT2D eigenvalue weighted by Gasteiger charge is 2.27. The van der Waals surface area contributed by atoms with Crippen LogP contribution in [0.3, 0.4) is 0 Å². The Bertz CT molecular complexity index is 1640. The molecular weight excluding hydrogens is 470 g/mol. The Labute approximate surface area is 212 Å². The molecule has 0 amide bonds. The zero-order valence-corrected chi connectivity index (χ0v) is 20.5. The van der Waals surface area contributed by atoms with Crippen molar-refractivity contribution in [2.45, 2.75) is 32.0 Å². The molecule has 5 rings (SSSR count). The Morgan fingerprint density at radius 3 is 2.57 bits per heavy atom. The second-order valence-electron chi connectivity index (χ2n) is 9.31. The van der Waals surface area contributed by atoms with Gasteiger partial charge in [0.15, 0.2) is 16.9 Å². The van der Waals surface area contributed by atoms with Crippen LogP contribution in [0.25, 0.3) is 11.2 Å². The number of aryl methyl sites for hydroxylation is 1. The van der Waals surface area contributed by atoms with Crippen molar-refractivity contribution in [3.63, 3.8) is 0 Å². The Morgan fingerprint density at radius 1 is 1.11 bits per heavy atom. The SMILES string of the molecule is Cn1c(=O)n(CC(=O)c2ccccc2)c(=O)c2c1nc(N1CCCC(N)C1)n2Cc1ccccc1C#N. The molecule has 37 heavy (non-hydrogen) atoms. The summed E-state index contributed by atoms with van der Waals surface area (Å²) in [6.07, 6.45) is 1.76. The fraction of sp³-hybridized carbons (Fsp3) is 0.296. The maximum absolute atomic E-state index is 13.8. The number of rotatable bonds is 6. The van der Waals surface area contributed by atoms with Crippen LogP contribution in [0, 0.1) is 11.3 Å². The normalized spacial score (nSPS) is 15.6. The lowest BCUT2D eigenvalue weighted by atomic mass is 10.1. The van der Waals surface area contributed by atoms with Crippen LogP contribution >= 0.6 is 0 Å². The lowest BCUT2D eigenvalue weighted by Gasteiger charge is -2.32. The third-order valence-corrected chi connectivity index (χ3v) is 6.82. The summed E-state index contributed by atoms with van der Waals surface area (Å²) in [6, 6.07) is 17.9. The van der Waals surface area contributed by atoms with Crippen molar-refractivity contribution >= 4 is 22.9 Å². The smallest absolute Gasteiger partial charge is 0.332 e. The van der Waals surface area contributed by atoms with E-state index in [1.165, 1.54) is 4.57 Å². The van der Waals surface area contributed by atoms with Crippen molar-refractivity contribution < 1.29 is 4.79 Å². The van der Waals surface area contributed by atoms with Crippen LogP contribution in [0.4, 0.5) is 5.95 Å². The van der Waals surface area contributed by atoms with E-state index in [0.29, 0.717) is 35.7 Å². The van der Waals surface area contributed by atoms with Gasteiger partial charge in [-0.3, -0.25) is 23.3 Å². The van der Waals surface area contributed by atoms with Crippen molar-refractivity contribution in [1.82, 2.24) is 18.7 Å². The minimum absolute atomic E-state index is 0.0441. The molecule has 0 bridgehead atoms. The number of anilines is 1. The van der Waals surface area contributed by atoms with E-state index in [9.17, 15) is 19.6 Å². The highest BCUT2D eigenvalue weighted by molar-refractivity contribution is 5.95. The predicted octanol–water partition coefficient (Wildman–Crippen LogP) is 1.63. The number of ketones is 1. The van der Waals surface area contributed by atoms with Gasteiger partial charge in [0.25, 0.3) is 5.56 Å². The van der Waals surface area contributed by atoms with Crippen LogP contribution in [-0.2, 0) is 20.1 Å². The Morgan fingerprint density at radius 2 is 1.84 bits per heavy atom. The number of hydrogen-bond donors (Lipinski definition) is 1. The molecule has 1 aliphatic heterocycles. The molecule has 188 valence electrons. The quantitative estimate of drug-likeness (QED) is 0.401. The lowest BCUT2D eigenvalue weighted by Crippen LogP contribution is -2.44. The number of carbonyl (C=O) groups excluding carboxylic acids is 1. The van der Waals surface area contributed by atoms with Crippen LogP contribution in [0.1, 0.15) is 34.3 Å². The van der Waals surface area contributed by atoms with Crippen LogP contribution < -0.4 is 21.9 Å². The van der Waals surface area contributed by atoms with Gasteiger partial charge in [0.1, 0.15) is 0 Å². The second-order valence-corrected chi connectivity index (χ2v) is 9.31. The monoisotopic (exact) mass is 497 g/mol. The van der Waals surface area contributed by atoms with E-state index in [1.54, 1.807) is 54.1 Å². The van der Waals surface area contributed by atoms with E-state index < -0.39 is 17.8 Å². The average Bonchev–Trinajstić information content (AvgIpc) is 3.30. The van der Waals surface area contributed by atoms with Gasteiger partial charge in [0.2, 0.25) is 5.95 Å². The molecule has 0 spiro atoms. The van der Waals surface area contributed by atoms with E-state index in [1.807, 2.05) is 17.0 Å². The van der Waals surface area contributed by atoms with Gasteiger partial charge in [-0.15, -0.1) is 0 Å². The number of carbonyl (C=O) groups is 1. The Kier molecular flexibility index (Phi) is 6.46. The van der Waals surface area contributed by atoms with E-state index >= 15 is 0 Å². The third kappa shape index (κ3) is 4.45. The second kappa shape index (κ2) is 9.87. The molecule has 10 nitrogen and oxygen atoms in total. The van der Waals surface area contributed by atoms with Gasteiger partial charge in [0, 0.05) is 31.7 Å². The van der Waals surface area contributed by atoms with Gasteiger partial charge >= 0.3 is 5.69 Å². The molecule has 2 N–H and O–H groups in total. The summed E-state index contributed by atoms with van der Waals surface area (Å²) in [4.78, 5) is 46.7. The molecule has 10 heteroatoms. The number of aromatic nitrogens is 4. The first-order valence-electron chi connectivity index (χ1n) is 12.2. The third-order valence-electron chi connectivity index (χ3n) is 6.82. The largest absolute Gasteiger partial charge is 0.341 e. The minimum Gasteiger partial charge on any atom is -0.341 e. The first-order valence-corrected chi connectivity index (χ1v) is 12.2. The summed E-state index contributed by atoms with van der Waals surface area (Å²) < 4.78 is 4.00. The maximum atomic E-state index is 13.8. The van der Waals surface area contributed by atoms with Crippen molar-refractivity contribution in [2.75, 3.05) is 18.0 Å². The van der Waals surface area contributed by atoms with Gasteiger partial charge < -0.3 is 10.6 Å². The summed E-state index contributed by atoms with van der Waals surface area (Å²) in [5.41, 5.74) is 7.06. The van der Waals surface area contributed by atoms with Gasteiger partial charge in [-0.05, 0) is 24.5 Å². The number of benzene rings is 2. The molecule has 2 aromatic carbocycles. The predicted molar refractivity (Wildman–Crippen MR) is 140 cm³/mol. The van der Waals surface area contributed by atoms with Crippen LogP contribution in [0.5, 0.6) is 0 Å². The standard InChI is InChI=1S/C27H27N7O3/c1-31-24-23(25(36)34(27(31)37)17-22(35)18-8-3-2-4-9-18)33(15-20-11-6-5-10-19(20)14-28)26(30-24)32-13-7-12-21(29)16-32/h2-6,8-11,21H,7,12-13,15-17,29H2,1H3. The lowest BCUT2D eigenvalue weighted by molar-refractivity contribution is 0.0969. The molecule has 1 fully saturated rings. The zero-order valence-electron chi connectivity index (χ0n) is 20.5. The molecule has 4 aromatic rings. The average molecular weight is 498 g/mol. The van der Waals surface area contributed by atoms with E-state index in [4.69, 9.17) is 10.7 Å². The number of nitrogens with two attached hydrogens (primary N) is 1. The molecular formula is C27H27N7O3. The maximum Gasteiger partial charge on any atom is 0.332 e. The highest BCUT2D eigenvalue weighted by atomic mass is 16.2. The van der Waals surface area contributed by atoms with E-state index in [2.05, 4.69) is 6.07 Å². The van der Waals surface area contributed by atoms with E-state index in [0.717, 1.165) is 17.4 Å². The molecule has 0 aliphatic carbocycles. The van der Waals surface area contributed by atoms with Crippen molar-refractivity contribution in [2.24, 2.45) is 12.8 Å². The number of hydrogen-bond acceptors (Lipinski definition) is 7. The summed E-state index contributed by atoms with van der Waals surface area (Å²) >= 11 is 0. The fourth-order valence-corrected chi connectivity index (χ4v) is 4.88. The van der Waals surface area contributed by atoms with Gasteiger partial charge in [-0.25, -0.2) is 4.79 Å². The topological polar surface area (TPSA) is 132 Å². The van der Waals surface area contributed by atoms with Crippen molar-refractivity contribution in [3.8, 4) is 6.07 Å². The molecule has 0 radical (unpaired) electrons. The number of imidazole rings is 1. The summed E-state index contributed by atoms with van der Waals surface area (Å²) in [5.74, 6) is 0.166. The summed E-state index contributed by atoms with van der Waals surface area (Å²) in [5, 5.41) is 9.65. The molecule has 1 unspecified atom stereocenters. The number of piperidine rings is 1. The molecule has 1 saturated heterocycles. The number of nitriles is 1. The van der Waals surface area contributed by atoms with E-state index in [-0.39, 0.29) is 29.5 Å². The molecule has 0 saturated carbocycles. The van der Waals surface area contributed by atoms with Crippen molar-refractivity contribution in [1.29, 1.82) is 5.26 Å². The summed E-state index contributed by atoms with van der Waals surface area (Å²) in [6.45, 7) is 1.06. The molecule has 3 heterocycles. The van der Waals surface area contributed by atoms with Crippen LogP contribution in [0.2, 0.25) is 0 Å². The van der Waals surface area contributed by atoms with Crippen LogP contribution in [-0.4, -0.2) is 43.6 Å². The number of fused-ring (bicyclic) bond motifs is 1. The highest BCUT2D eigenvalue weighted by Crippen LogP contribution is 2.25. The summed E-state index contributed by atoms with van der Waals surface area (Å²) in [7, 11) is 1.54. The molecule has 1 aliphatic rings. The molecule has 2 aromatic heterocycles. The Balaban J connectivity index is 1.71. The first kappa shape index (κ1) is 24.2. The van der Waals surface area contributed by atoms with Gasteiger partial charge in [-0.1, -0.05) is 48.5 Å². The van der Waals surface area contributed by atoms with Crippen molar-refractivity contribution in [3.05, 3.63) is 92.1 Å². The first-order chi connectivity index (χ1) is 17.9. The minimum atomic E-state index is -0.620. The number of nitrogens with zero attached hydrogens (tertiary/aromatic N) is 6. The fourth-order valence-electron chi connectivity index (χ4n) is 4.88.